The molecule has 28 heavy (non-hydrogen) atoms. The summed E-state index contributed by atoms with van der Waals surface area (Å²) in [7, 11) is 0. The van der Waals surface area contributed by atoms with Gasteiger partial charge in [-0.3, -0.25) is 14.3 Å². The Kier molecular flexibility index (Phi) is 4.86. The molecule has 0 spiro atoms. The molecule has 0 saturated heterocycles. The Morgan fingerprint density at radius 1 is 1.04 bits per heavy atom. The minimum atomic E-state index is -0.477. The Labute approximate surface area is 164 Å². The largest absolute Gasteiger partial charge is 0.330 e. The second kappa shape index (κ2) is 7.61. The van der Waals surface area contributed by atoms with Crippen LogP contribution in [0.5, 0.6) is 0 Å². The van der Waals surface area contributed by atoms with Crippen molar-refractivity contribution in [1.29, 1.82) is 0 Å². The SMILES string of the molecule is Cc1c(Nc2nc(-c3ccccc3)ns2)n(Cc2ccccc2)c(=O)[nH]c1=O. The summed E-state index contributed by atoms with van der Waals surface area (Å²) in [6.45, 7) is 1.99. The molecular formula is C20H17N5O2S. The lowest BCUT2D eigenvalue weighted by atomic mass is 10.2. The van der Waals surface area contributed by atoms with Gasteiger partial charge >= 0.3 is 5.69 Å². The second-order valence-corrected chi connectivity index (χ2v) is 6.97. The lowest BCUT2D eigenvalue weighted by molar-refractivity contribution is 0.724. The van der Waals surface area contributed by atoms with E-state index in [1.165, 1.54) is 16.1 Å². The number of aromatic amines is 1. The summed E-state index contributed by atoms with van der Waals surface area (Å²) in [5, 5.41) is 3.63. The molecule has 0 aliphatic rings. The van der Waals surface area contributed by atoms with Gasteiger partial charge in [0.05, 0.1) is 12.1 Å². The molecule has 0 aliphatic carbocycles. The van der Waals surface area contributed by atoms with Crippen LogP contribution in [-0.4, -0.2) is 18.9 Å². The Hall–Kier alpha value is -3.52. The van der Waals surface area contributed by atoms with Crippen molar-refractivity contribution < 1.29 is 0 Å². The summed E-state index contributed by atoms with van der Waals surface area (Å²) >= 11 is 1.17. The van der Waals surface area contributed by atoms with Crippen LogP contribution >= 0.6 is 11.5 Å². The summed E-state index contributed by atoms with van der Waals surface area (Å²) < 4.78 is 5.86. The molecule has 2 heterocycles. The van der Waals surface area contributed by atoms with Crippen LogP contribution < -0.4 is 16.6 Å². The number of benzene rings is 2. The highest BCUT2D eigenvalue weighted by molar-refractivity contribution is 7.09. The van der Waals surface area contributed by atoms with Gasteiger partial charge in [-0.25, -0.2) is 4.79 Å². The molecule has 0 bridgehead atoms. The molecule has 2 aromatic heterocycles. The van der Waals surface area contributed by atoms with Gasteiger partial charge in [-0.15, -0.1) is 0 Å². The fourth-order valence-electron chi connectivity index (χ4n) is 2.83. The molecule has 0 saturated carbocycles. The minimum absolute atomic E-state index is 0.323. The van der Waals surface area contributed by atoms with Crippen LogP contribution in [0.1, 0.15) is 11.1 Å². The van der Waals surface area contributed by atoms with Crippen molar-refractivity contribution in [2.24, 2.45) is 0 Å². The maximum Gasteiger partial charge on any atom is 0.330 e. The molecule has 0 amide bonds. The molecule has 0 unspecified atom stereocenters. The van der Waals surface area contributed by atoms with E-state index in [1.54, 1.807) is 6.92 Å². The summed E-state index contributed by atoms with van der Waals surface area (Å²) in [5.41, 5.74) is 1.35. The number of anilines is 2. The summed E-state index contributed by atoms with van der Waals surface area (Å²) in [6, 6.07) is 19.2. The Morgan fingerprint density at radius 2 is 1.71 bits per heavy atom. The molecule has 8 heteroatoms. The van der Waals surface area contributed by atoms with Crippen LogP contribution in [0.2, 0.25) is 0 Å². The maximum atomic E-state index is 12.5. The number of hydrogen-bond acceptors (Lipinski definition) is 6. The van der Waals surface area contributed by atoms with Gasteiger partial charge in [0, 0.05) is 17.1 Å². The van der Waals surface area contributed by atoms with Gasteiger partial charge < -0.3 is 5.32 Å². The van der Waals surface area contributed by atoms with E-state index in [0.717, 1.165) is 11.1 Å². The molecule has 2 aromatic carbocycles. The van der Waals surface area contributed by atoms with Crippen molar-refractivity contribution in [2.75, 3.05) is 5.32 Å². The van der Waals surface area contributed by atoms with E-state index in [9.17, 15) is 9.59 Å². The molecule has 0 atom stereocenters. The maximum absolute atomic E-state index is 12.5. The van der Waals surface area contributed by atoms with Crippen LogP contribution in [0.4, 0.5) is 10.9 Å². The number of aromatic nitrogens is 4. The molecular weight excluding hydrogens is 374 g/mol. The predicted octanol–water partition coefficient (Wildman–Crippen LogP) is 3.16. The first kappa shape index (κ1) is 17.9. The monoisotopic (exact) mass is 391 g/mol. The predicted molar refractivity (Wildman–Crippen MR) is 110 cm³/mol. The van der Waals surface area contributed by atoms with Gasteiger partial charge in [-0.05, 0) is 12.5 Å². The molecule has 7 nitrogen and oxygen atoms in total. The van der Waals surface area contributed by atoms with E-state index in [0.29, 0.717) is 28.9 Å². The number of nitrogens with one attached hydrogen (secondary N) is 2. The Balaban J connectivity index is 1.72. The zero-order valence-corrected chi connectivity index (χ0v) is 15.9. The highest BCUT2D eigenvalue weighted by atomic mass is 32.1. The fourth-order valence-corrected chi connectivity index (χ4v) is 3.42. The number of H-pyrrole nitrogens is 1. The smallest absolute Gasteiger partial charge is 0.316 e. The standard InChI is InChI=1S/C20H17N5O2S/c1-13-17(22-19-21-16(24-28-19)15-10-6-3-7-11-15)25(20(27)23-18(13)26)12-14-8-4-2-5-9-14/h2-11H,12H2,1H3,(H,21,22,24)(H,23,26,27). The van der Waals surface area contributed by atoms with Crippen molar-refractivity contribution in [3.8, 4) is 11.4 Å². The average Bonchev–Trinajstić information content (AvgIpc) is 3.19. The number of rotatable bonds is 5. The second-order valence-electron chi connectivity index (χ2n) is 6.22. The molecule has 140 valence electrons. The van der Waals surface area contributed by atoms with E-state index in [1.807, 2.05) is 60.7 Å². The first-order valence-corrected chi connectivity index (χ1v) is 9.43. The topological polar surface area (TPSA) is 92.7 Å². The normalized spacial score (nSPS) is 10.8. The fraction of sp³-hybridized carbons (Fsp3) is 0.100. The van der Waals surface area contributed by atoms with Crippen LogP contribution in [0, 0.1) is 6.92 Å². The average molecular weight is 391 g/mol. The molecule has 0 aliphatic heterocycles. The van der Waals surface area contributed by atoms with Gasteiger partial charge in [0.15, 0.2) is 5.82 Å². The van der Waals surface area contributed by atoms with Gasteiger partial charge in [-0.1, -0.05) is 60.7 Å². The van der Waals surface area contributed by atoms with Crippen molar-refractivity contribution in [3.05, 3.63) is 92.6 Å². The third kappa shape index (κ3) is 3.63. The summed E-state index contributed by atoms with van der Waals surface area (Å²) in [5.74, 6) is 1.00. The first-order valence-electron chi connectivity index (χ1n) is 8.65. The number of nitrogens with zero attached hydrogens (tertiary/aromatic N) is 3. The third-order valence-electron chi connectivity index (χ3n) is 4.30. The lowest BCUT2D eigenvalue weighted by Gasteiger charge is -2.14. The van der Waals surface area contributed by atoms with E-state index in [-0.39, 0.29) is 0 Å². The summed E-state index contributed by atoms with van der Waals surface area (Å²) in [6.07, 6.45) is 0. The zero-order chi connectivity index (χ0) is 19.5. The molecule has 0 radical (unpaired) electrons. The van der Waals surface area contributed by atoms with Crippen LogP contribution in [0.25, 0.3) is 11.4 Å². The Morgan fingerprint density at radius 3 is 2.43 bits per heavy atom. The molecule has 0 fully saturated rings. The molecule has 4 rings (SSSR count). The minimum Gasteiger partial charge on any atom is -0.316 e. The highest BCUT2D eigenvalue weighted by Crippen LogP contribution is 2.24. The van der Waals surface area contributed by atoms with Crippen molar-refractivity contribution in [2.45, 2.75) is 13.5 Å². The van der Waals surface area contributed by atoms with E-state index in [4.69, 9.17) is 0 Å². The van der Waals surface area contributed by atoms with Crippen molar-refractivity contribution in [1.82, 2.24) is 18.9 Å². The van der Waals surface area contributed by atoms with Crippen LogP contribution in [0.15, 0.2) is 70.3 Å². The highest BCUT2D eigenvalue weighted by Gasteiger charge is 2.15. The number of hydrogen-bond donors (Lipinski definition) is 2. The quantitative estimate of drug-likeness (QED) is 0.545. The van der Waals surface area contributed by atoms with Crippen molar-refractivity contribution >= 4 is 22.5 Å². The molecule has 4 aromatic rings. The van der Waals surface area contributed by atoms with Crippen molar-refractivity contribution in [3.63, 3.8) is 0 Å². The Bertz CT molecular complexity index is 1210. The van der Waals surface area contributed by atoms with Gasteiger partial charge in [0.1, 0.15) is 5.82 Å². The van der Waals surface area contributed by atoms with E-state index in [2.05, 4.69) is 19.7 Å². The first-order chi connectivity index (χ1) is 13.6. The van der Waals surface area contributed by atoms with Gasteiger partial charge in [0.25, 0.3) is 5.56 Å². The zero-order valence-electron chi connectivity index (χ0n) is 15.0. The summed E-state index contributed by atoms with van der Waals surface area (Å²) in [4.78, 5) is 31.5. The lowest BCUT2D eigenvalue weighted by Crippen LogP contribution is -2.33. The van der Waals surface area contributed by atoms with E-state index >= 15 is 0 Å². The van der Waals surface area contributed by atoms with E-state index < -0.39 is 11.2 Å². The van der Waals surface area contributed by atoms with Crippen LogP contribution in [-0.2, 0) is 6.54 Å². The molecule has 2 N–H and O–H groups in total. The van der Waals surface area contributed by atoms with Crippen LogP contribution in [0.3, 0.4) is 0 Å². The van der Waals surface area contributed by atoms with Gasteiger partial charge in [0.2, 0.25) is 5.13 Å². The third-order valence-corrected chi connectivity index (χ3v) is 4.93. The van der Waals surface area contributed by atoms with Gasteiger partial charge in [-0.2, -0.15) is 9.36 Å².